The smallest absolute Gasteiger partial charge is 0.415 e. The molecule has 11 nitrogen and oxygen atoms in total. The number of carbonyl (C=O) groups is 2. The van der Waals surface area contributed by atoms with Gasteiger partial charge in [0, 0.05) is 30.6 Å². The molecular weight excluding hydrogens is 524 g/mol. The van der Waals surface area contributed by atoms with Crippen LogP contribution >= 0.6 is 0 Å². The van der Waals surface area contributed by atoms with Gasteiger partial charge in [-0.1, -0.05) is 24.3 Å². The molecule has 3 aromatic rings. The number of likely N-dealkylation sites (tertiary alicyclic amines) is 1. The molecule has 1 aromatic carbocycles. The first-order chi connectivity index (χ1) is 20.0. The van der Waals surface area contributed by atoms with Crippen molar-refractivity contribution in [3.8, 4) is 22.9 Å². The fourth-order valence-corrected chi connectivity index (χ4v) is 5.32. The van der Waals surface area contributed by atoms with Gasteiger partial charge in [0.2, 0.25) is 5.88 Å². The van der Waals surface area contributed by atoms with Crippen LogP contribution in [0.5, 0.6) is 11.6 Å². The molecule has 3 aliphatic rings. The summed E-state index contributed by atoms with van der Waals surface area (Å²) in [5.74, 6) is 2.14. The molecule has 2 fully saturated rings. The van der Waals surface area contributed by atoms with E-state index < -0.39 is 6.09 Å². The minimum Gasteiger partial charge on any atom is -0.480 e. The highest BCUT2D eigenvalue weighted by molar-refractivity contribution is 5.95. The minimum absolute atomic E-state index is 0.0448. The zero-order chi connectivity index (χ0) is 28.2. The van der Waals surface area contributed by atoms with E-state index in [9.17, 15) is 9.59 Å². The Hall–Kier alpha value is -4.22. The molecule has 2 aromatic heterocycles. The number of benzene rings is 1. The molecule has 0 bridgehead atoms. The molecule has 2 atom stereocenters. The summed E-state index contributed by atoms with van der Waals surface area (Å²) in [6.45, 7) is 4.58. The van der Waals surface area contributed by atoms with Crippen molar-refractivity contribution >= 4 is 23.6 Å². The number of aromatic nitrogens is 2. The molecule has 0 unspecified atom stereocenters. The van der Waals surface area contributed by atoms with Gasteiger partial charge in [0.25, 0.3) is 5.91 Å². The van der Waals surface area contributed by atoms with Gasteiger partial charge in [-0.3, -0.25) is 9.69 Å². The summed E-state index contributed by atoms with van der Waals surface area (Å²) in [7, 11) is 2.15. The number of fused-ring (bicyclic) bond motifs is 1. The van der Waals surface area contributed by atoms with Crippen molar-refractivity contribution in [3.63, 3.8) is 0 Å². The molecule has 2 N–H and O–H groups in total. The van der Waals surface area contributed by atoms with Crippen molar-refractivity contribution in [1.82, 2.24) is 20.2 Å². The van der Waals surface area contributed by atoms with Crippen molar-refractivity contribution in [2.75, 3.05) is 56.7 Å². The van der Waals surface area contributed by atoms with Crippen LogP contribution in [-0.4, -0.2) is 79.4 Å². The maximum absolute atomic E-state index is 12.5. The Kier molecular flexibility index (Phi) is 7.97. The number of carbonyl (C=O) groups excluding carboxylic acids is 2. The van der Waals surface area contributed by atoms with Crippen LogP contribution in [0, 0.1) is 5.92 Å². The summed E-state index contributed by atoms with van der Waals surface area (Å²) in [6.07, 6.45) is 1.11. The minimum atomic E-state index is -0.451. The molecule has 2 saturated heterocycles. The lowest BCUT2D eigenvalue weighted by atomic mass is 10.1. The van der Waals surface area contributed by atoms with Gasteiger partial charge in [0.1, 0.15) is 11.9 Å². The second-order valence-corrected chi connectivity index (χ2v) is 10.7. The van der Waals surface area contributed by atoms with E-state index >= 15 is 0 Å². The number of hydrogen-bond donors (Lipinski definition) is 2. The van der Waals surface area contributed by atoms with Crippen LogP contribution in [0.2, 0.25) is 0 Å². The first kappa shape index (κ1) is 27.0. The number of cyclic esters (lactones) is 1. The standard InChI is InChI=1S/C30H34N6O5/c1-35-13-11-21(16-35)18-40-28-7-3-6-24(32-28)22-5-2-4-20(14-22)15-31-12-10-23-17-36(30(38)41-23)26-9-8-25-29(33-26)34-27(37)19-39-25/h2-9,14,21,23,31H,10-13,15-19H2,1H3,(H,33,34,37)/t21-,23-/m0/s1. The lowest BCUT2D eigenvalue weighted by Crippen LogP contribution is -2.29. The first-order valence-electron chi connectivity index (χ1n) is 14.0. The molecule has 214 valence electrons. The zero-order valence-corrected chi connectivity index (χ0v) is 23.0. The summed E-state index contributed by atoms with van der Waals surface area (Å²) in [5, 5.41) is 6.12. The monoisotopic (exact) mass is 558 g/mol. The fourth-order valence-electron chi connectivity index (χ4n) is 5.32. The predicted molar refractivity (Wildman–Crippen MR) is 153 cm³/mol. The molecule has 2 amide bonds. The van der Waals surface area contributed by atoms with E-state index in [2.05, 4.69) is 45.8 Å². The van der Waals surface area contributed by atoms with Gasteiger partial charge < -0.3 is 29.7 Å². The molecule has 6 rings (SSSR count). The Morgan fingerprint density at radius 1 is 1.10 bits per heavy atom. The summed E-state index contributed by atoms with van der Waals surface area (Å²) in [5.41, 5.74) is 3.06. The number of anilines is 2. The Morgan fingerprint density at radius 2 is 2.00 bits per heavy atom. The average Bonchev–Trinajstić information content (AvgIpc) is 3.58. The van der Waals surface area contributed by atoms with E-state index in [-0.39, 0.29) is 18.6 Å². The number of ether oxygens (including phenoxy) is 3. The van der Waals surface area contributed by atoms with Crippen molar-refractivity contribution in [1.29, 1.82) is 0 Å². The molecule has 41 heavy (non-hydrogen) atoms. The summed E-state index contributed by atoms with van der Waals surface area (Å²) < 4.78 is 16.9. The Balaban J connectivity index is 0.982. The third kappa shape index (κ3) is 6.58. The summed E-state index contributed by atoms with van der Waals surface area (Å²) in [6, 6.07) is 17.6. The van der Waals surface area contributed by atoms with Crippen molar-refractivity contribution in [2.24, 2.45) is 5.92 Å². The van der Waals surface area contributed by atoms with Crippen LogP contribution in [0.1, 0.15) is 18.4 Å². The number of pyridine rings is 2. The quantitative estimate of drug-likeness (QED) is 0.361. The van der Waals surface area contributed by atoms with Crippen LogP contribution in [0.3, 0.4) is 0 Å². The number of nitrogens with zero attached hydrogens (tertiary/aromatic N) is 4. The predicted octanol–water partition coefficient (Wildman–Crippen LogP) is 3.31. The van der Waals surface area contributed by atoms with Gasteiger partial charge in [-0.2, -0.15) is 0 Å². The highest BCUT2D eigenvalue weighted by atomic mass is 16.6. The van der Waals surface area contributed by atoms with E-state index in [0.717, 1.165) is 36.3 Å². The molecule has 5 heterocycles. The van der Waals surface area contributed by atoms with E-state index in [4.69, 9.17) is 19.2 Å². The van der Waals surface area contributed by atoms with Crippen LogP contribution < -0.4 is 25.0 Å². The number of amides is 2. The van der Waals surface area contributed by atoms with Gasteiger partial charge in [-0.25, -0.2) is 14.8 Å². The second kappa shape index (κ2) is 12.1. The number of rotatable bonds is 10. The van der Waals surface area contributed by atoms with Crippen LogP contribution in [0.15, 0.2) is 54.6 Å². The molecule has 0 aliphatic carbocycles. The zero-order valence-electron chi connectivity index (χ0n) is 23.0. The van der Waals surface area contributed by atoms with E-state index in [0.29, 0.717) is 61.8 Å². The third-order valence-corrected chi connectivity index (χ3v) is 7.49. The van der Waals surface area contributed by atoms with Crippen LogP contribution in [0.25, 0.3) is 11.3 Å². The number of hydrogen-bond acceptors (Lipinski definition) is 9. The SMILES string of the molecule is CN1CC[C@H](COc2cccc(-c3cccc(CNCC[C@H]4CN(c5ccc6c(n5)NC(=O)CO6)C(=O)O4)c3)n2)C1. The van der Waals surface area contributed by atoms with Crippen molar-refractivity contribution in [3.05, 3.63) is 60.2 Å². The summed E-state index contributed by atoms with van der Waals surface area (Å²) in [4.78, 5) is 37.0. The molecule has 11 heteroatoms. The maximum atomic E-state index is 12.5. The van der Waals surface area contributed by atoms with Gasteiger partial charge in [-0.05, 0) is 62.8 Å². The molecular formula is C30H34N6O5. The molecule has 0 saturated carbocycles. The Bertz CT molecular complexity index is 1420. The van der Waals surface area contributed by atoms with Gasteiger partial charge in [0.05, 0.1) is 18.8 Å². The molecule has 0 spiro atoms. The van der Waals surface area contributed by atoms with Gasteiger partial charge in [0.15, 0.2) is 18.2 Å². The highest BCUT2D eigenvalue weighted by Crippen LogP contribution is 2.30. The summed E-state index contributed by atoms with van der Waals surface area (Å²) >= 11 is 0. The number of nitrogens with one attached hydrogen (secondary N) is 2. The maximum Gasteiger partial charge on any atom is 0.415 e. The lowest BCUT2D eigenvalue weighted by molar-refractivity contribution is -0.118. The molecule has 0 radical (unpaired) electrons. The lowest BCUT2D eigenvalue weighted by Gasteiger charge is -2.19. The highest BCUT2D eigenvalue weighted by Gasteiger charge is 2.33. The third-order valence-electron chi connectivity index (χ3n) is 7.49. The van der Waals surface area contributed by atoms with Gasteiger partial charge >= 0.3 is 6.09 Å². The van der Waals surface area contributed by atoms with Gasteiger partial charge in [-0.15, -0.1) is 0 Å². The van der Waals surface area contributed by atoms with Crippen molar-refractivity contribution < 1.29 is 23.8 Å². The normalized spacial score (nSPS) is 20.4. The Labute approximate surface area is 238 Å². The molecule has 3 aliphatic heterocycles. The Morgan fingerprint density at radius 3 is 2.88 bits per heavy atom. The van der Waals surface area contributed by atoms with Crippen LogP contribution in [-0.2, 0) is 16.1 Å². The second-order valence-electron chi connectivity index (χ2n) is 10.7. The largest absolute Gasteiger partial charge is 0.480 e. The topological polar surface area (TPSA) is 118 Å². The van der Waals surface area contributed by atoms with Crippen LogP contribution in [0.4, 0.5) is 16.4 Å². The first-order valence-corrected chi connectivity index (χ1v) is 14.0. The van der Waals surface area contributed by atoms with E-state index in [1.807, 2.05) is 24.3 Å². The van der Waals surface area contributed by atoms with E-state index in [1.54, 1.807) is 12.1 Å². The van der Waals surface area contributed by atoms with E-state index in [1.165, 1.54) is 4.90 Å². The fraction of sp³-hybridized carbons (Fsp3) is 0.400. The van der Waals surface area contributed by atoms with Crippen molar-refractivity contribution in [2.45, 2.75) is 25.5 Å². The average molecular weight is 559 g/mol.